The van der Waals surface area contributed by atoms with E-state index in [1.807, 2.05) is 51.1 Å². The molecule has 0 radical (unpaired) electrons. The maximum atomic E-state index is 14.7. The summed E-state index contributed by atoms with van der Waals surface area (Å²) < 4.78 is 29.6. The largest absolute Gasteiger partial charge is 0.354 e. The van der Waals surface area contributed by atoms with Gasteiger partial charge in [0.15, 0.2) is 0 Å². The summed E-state index contributed by atoms with van der Waals surface area (Å²) in [6.45, 7) is 7.11. The first-order chi connectivity index (χ1) is 22.3. The lowest BCUT2D eigenvalue weighted by Gasteiger charge is -2.34. The first kappa shape index (κ1) is 36.3. The van der Waals surface area contributed by atoms with Crippen LogP contribution >= 0.6 is 34.8 Å². The van der Waals surface area contributed by atoms with Gasteiger partial charge < -0.3 is 10.2 Å². The van der Waals surface area contributed by atoms with Crippen molar-refractivity contribution >= 4 is 62.3 Å². The van der Waals surface area contributed by atoms with Gasteiger partial charge in [-0.15, -0.1) is 0 Å². The van der Waals surface area contributed by atoms with Crippen molar-refractivity contribution < 1.29 is 18.0 Å². The molecule has 248 valence electrons. The highest BCUT2D eigenvalue weighted by Crippen LogP contribution is 2.32. The lowest BCUT2D eigenvalue weighted by molar-refractivity contribution is -0.140. The second-order valence-electron chi connectivity index (χ2n) is 11.8. The fraction of sp³-hybridized carbons (Fsp3) is 0.278. The molecule has 0 spiro atoms. The highest BCUT2D eigenvalue weighted by atomic mass is 35.5. The average Bonchev–Trinajstić information content (AvgIpc) is 3.03. The summed E-state index contributed by atoms with van der Waals surface area (Å²) in [4.78, 5) is 30.0. The van der Waals surface area contributed by atoms with Gasteiger partial charge in [0.25, 0.3) is 10.0 Å². The summed E-state index contributed by atoms with van der Waals surface area (Å²) in [6.07, 6.45) is 0.166. The van der Waals surface area contributed by atoms with Crippen LogP contribution in [0, 0.1) is 19.8 Å². The number of carbonyl (C=O) groups is 2. The SMILES string of the molecule is Cc1ccc(S(=O)(=O)N(CC(=O)N(Cc2c(Cl)cccc2Cl)C(Cc2ccccc2)C(=O)NCC(C)C)c2cccc(Cl)c2C)cc1. The topological polar surface area (TPSA) is 86.8 Å². The molecule has 0 saturated carbocycles. The summed E-state index contributed by atoms with van der Waals surface area (Å²) in [5.74, 6) is -0.859. The van der Waals surface area contributed by atoms with Crippen LogP contribution in [-0.2, 0) is 32.6 Å². The van der Waals surface area contributed by atoms with E-state index in [-0.39, 0.29) is 35.4 Å². The van der Waals surface area contributed by atoms with Gasteiger partial charge in [0.2, 0.25) is 11.8 Å². The van der Waals surface area contributed by atoms with Crippen LogP contribution in [0.15, 0.2) is 95.9 Å². The number of nitrogens with zero attached hydrogens (tertiary/aromatic N) is 2. The number of hydrogen-bond acceptors (Lipinski definition) is 4. The third-order valence-electron chi connectivity index (χ3n) is 7.74. The standard InChI is InChI=1S/C36H38Cl3N3O4S/c1-24(2)21-40-36(44)34(20-27-10-6-5-7-11-27)41(22-29-31(38)13-8-14-32(29)39)35(43)23-42(33-15-9-12-30(37)26(33)4)47(45,46)28-18-16-25(3)17-19-28/h5-19,24,34H,20-23H2,1-4H3,(H,40,44). The van der Waals surface area contributed by atoms with Crippen molar-refractivity contribution in [1.29, 1.82) is 0 Å². The van der Waals surface area contributed by atoms with E-state index >= 15 is 0 Å². The fourth-order valence-corrected chi connectivity index (χ4v) is 7.21. The van der Waals surface area contributed by atoms with Gasteiger partial charge in [-0.25, -0.2) is 8.42 Å². The highest BCUT2D eigenvalue weighted by Gasteiger charge is 2.36. The zero-order valence-corrected chi connectivity index (χ0v) is 29.8. The molecule has 1 atom stereocenters. The Balaban J connectivity index is 1.86. The molecule has 47 heavy (non-hydrogen) atoms. The van der Waals surface area contributed by atoms with Crippen LogP contribution in [0.5, 0.6) is 0 Å². The number of aryl methyl sites for hydroxylation is 1. The Morgan fingerprint density at radius 2 is 1.38 bits per heavy atom. The lowest BCUT2D eigenvalue weighted by Crippen LogP contribution is -2.54. The number of benzene rings is 4. The Morgan fingerprint density at radius 3 is 2.00 bits per heavy atom. The molecule has 7 nitrogen and oxygen atoms in total. The Bertz CT molecular complexity index is 1800. The van der Waals surface area contributed by atoms with Gasteiger partial charge in [0, 0.05) is 40.1 Å². The third-order valence-corrected chi connectivity index (χ3v) is 10.6. The fourth-order valence-electron chi connectivity index (χ4n) is 5.05. The molecule has 11 heteroatoms. The third kappa shape index (κ3) is 9.08. The molecule has 0 bridgehead atoms. The molecule has 2 amide bonds. The predicted octanol–water partition coefficient (Wildman–Crippen LogP) is 7.87. The Labute approximate surface area is 292 Å². The molecule has 0 aliphatic carbocycles. The minimum atomic E-state index is -4.28. The molecule has 0 saturated heterocycles. The van der Waals surface area contributed by atoms with Crippen molar-refractivity contribution in [1.82, 2.24) is 10.2 Å². The maximum Gasteiger partial charge on any atom is 0.264 e. The second kappa shape index (κ2) is 16.0. The van der Waals surface area contributed by atoms with E-state index in [0.29, 0.717) is 32.7 Å². The molecular formula is C36H38Cl3N3O4S. The average molecular weight is 715 g/mol. The van der Waals surface area contributed by atoms with Crippen molar-refractivity contribution in [3.8, 4) is 0 Å². The number of rotatable bonds is 13. The van der Waals surface area contributed by atoms with Crippen LogP contribution in [0.3, 0.4) is 0 Å². The molecule has 1 N–H and O–H groups in total. The van der Waals surface area contributed by atoms with Crippen molar-refractivity contribution in [3.63, 3.8) is 0 Å². The summed E-state index contributed by atoms with van der Waals surface area (Å²) in [5.41, 5.74) is 2.85. The van der Waals surface area contributed by atoms with Crippen LogP contribution in [0.4, 0.5) is 5.69 Å². The number of sulfonamides is 1. The van der Waals surface area contributed by atoms with Gasteiger partial charge in [0.1, 0.15) is 12.6 Å². The minimum absolute atomic E-state index is 0.00601. The van der Waals surface area contributed by atoms with E-state index in [2.05, 4.69) is 5.32 Å². The maximum absolute atomic E-state index is 14.7. The van der Waals surface area contributed by atoms with Crippen LogP contribution in [0.2, 0.25) is 15.1 Å². The molecule has 4 rings (SSSR count). The number of carbonyl (C=O) groups excluding carboxylic acids is 2. The zero-order chi connectivity index (χ0) is 34.3. The summed E-state index contributed by atoms with van der Waals surface area (Å²) in [5, 5.41) is 3.93. The smallest absolute Gasteiger partial charge is 0.264 e. The molecular weight excluding hydrogens is 677 g/mol. The van der Waals surface area contributed by atoms with Crippen LogP contribution in [0.25, 0.3) is 0 Å². The molecule has 0 aliphatic rings. The Hall–Kier alpha value is -3.56. The van der Waals surface area contributed by atoms with Crippen molar-refractivity contribution in [2.45, 2.75) is 51.6 Å². The van der Waals surface area contributed by atoms with Gasteiger partial charge in [-0.05, 0) is 67.3 Å². The number of nitrogens with one attached hydrogen (secondary N) is 1. The number of halogens is 3. The molecule has 4 aromatic carbocycles. The van der Waals surface area contributed by atoms with Gasteiger partial charge in [-0.1, -0.05) is 109 Å². The molecule has 0 aromatic heterocycles. The summed E-state index contributed by atoms with van der Waals surface area (Å²) >= 11 is 19.6. The van der Waals surface area contributed by atoms with E-state index in [9.17, 15) is 18.0 Å². The lowest BCUT2D eigenvalue weighted by atomic mass is 10.0. The molecule has 0 fully saturated rings. The van der Waals surface area contributed by atoms with E-state index in [1.165, 1.54) is 17.0 Å². The second-order valence-corrected chi connectivity index (χ2v) is 14.9. The Kier molecular flexibility index (Phi) is 12.4. The van der Waals surface area contributed by atoms with Gasteiger partial charge in [0.05, 0.1) is 10.6 Å². The monoisotopic (exact) mass is 713 g/mol. The normalized spacial score (nSPS) is 12.1. The Morgan fingerprint density at radius 1 is 0.787 bits per heavy atom. The molecule has 4 aromatic rings. The van der Waals surface area contributed by atoms with Crippen molar-refractivity contribution in [2.24, 2.45) is 5.92 Å². The highest BCUT2D eigenvalue weighted by molar-refractivity contribution is 7.92. The van der Waals surface area contributed by atoms with Crippen LogP contribution in [0.1, 0.15) is 36.1 Å². The number of anilines is 1. The first-order valence-electron chi connectivity index (χ1n) is 15.2. The van der Waals surface area contributed by atoms with Crippen molar-refractivity contribution in [2.75, 3.05) is 17.4 Å². The van der Waals surface area contributed by atoms with Crippen molar-refractivity contribution in [3.05, 3.63) is 128 Å². The molecule has 0 heterocycles. The molecule has 0 aliphatic heterocycles. The van der Waals surface area contributed by atoms with E-state index in [0.717, 1.165) is 15.4 Å². The zero-order valence-electron chi connectivity index (χ0n) is 26.7. The predicted molar refractivity (Wildman–Crippen MR) is 191 cm³/mol. The van der Waals surface area contributed by atoms with Crippen LogP contribution < -0.4 is 9.62 Å². The minimum Gasteiger partial charge on any atom is -0.354 e. The number of hydrogen-bond donors (Lipinski definition) is 1. The summed E-state index contributed by atoms with van der Waals surface area (Å²) in [7, 11) is -4.28. The van der Waals surface area contributed by atoms with Gasteiger partial charge in [-0.3, -0.25) is 13.9 Å². The van der Waals surface area contributed by atoms with Gasteiger partial charge >= 0.3 is 0 Å². The quantitative estimate of drug-likeness (QED) is 0.153. The van der Waals surface area contributed by atoms with Gasteiger partial charge in [-0.2, -0.15) is 0 Å². The number of amides is 2. The summed E-state index contributed by atoms with van der Waals surface area (Å²) in [6, 6.07) is 24.6. The van der Waals surface area contributed by atoms with E-state index < -0.39 is 28.5 Å². The van der Waals surface area contributed by atoms with E-state index in [4.69, 9.17) is 34.8 Å². The van der Waals surface area contributed by atoms with Crippen LogP contribution in [-0.4, -0.2) is 44.3 Å². The first-order valence-corrected chi connectivity index (χ1v) is 17.8. The van der Waals surface area contributed by atoms with E-state index in [1.54, 1.807) is 55.5 Å². The molecule has 1 unspecified atom stereocenters.